The number of nitrogens with one attached hydrogen (secondary N) is 2. The van der Waals surface area contributed by atoms with Gasteiger partial charge in [0.2, 0.25) is 0 Å². The lowest BCUT2D eigenvalue weighted by molar-refractivity contribution is 0.0949. The summed E-state index contributed by atoms with van der Waals surface area (Å²) < 4.78 is 5.19. The number of carbonyl (C=O) groups is 2. The van der Waals surface area contributed by atoms with Gasteiger partial charge in [-0.2, -0.15) is 0 Å². The molecule has 2 heterocycles. The van der Waals surface area contributed by atoms with Gasteiger partial charge < -0.3 is 15.1 Å². The van der Waals surface area contributed by atoms with Crippen LogP contribution in [0.2, 0.25) is 0 Å². The summed E-state index contributed by atoms with van der Waals surface area (Å²) in [7, 11) is 0. The van der Waals surface area contributed by atoms with Crippen LogP contribution in [0.4, 0.5) is 5.69 Å². The van der Waals surface area contributed by atoms with Crippen molar-refractivity contribution in [3.05, 3.63) is 83.6 Å². The van der Waals surface area contributed by atoms with Gasteiger partial charge in [-0.15, -0.1) is 0 Å². The number of benzene rings is 1. The SMILES string of the molecule is Cc1cccc(C(=O)Nc2ccccc2C(=O)NCc2ccco2)n1. The monoisotopic (exact) mass is 335 g/mol. The summed E-state index contributed by atoms with van der Waals surface area (Å²) in [6.07, 6.45) is 1.55. The molecule has 0 aliphatic carbocycles. The molecule has 2 N–H and O–H groups in total. The number of carbonyl (C=O) groups excluding carboxylic acids is 2. The minimum absolute atomic E-state index is 0.271. The van der Waals surface area contributed by atoms with Gasteiger partial charge in [-0.1, -0.05) is 18.2 Å². The fourth-order valence-electron chi connectivity index (χ4n) is 2.32. The van der Waals surface area contributed by atoms with Gasteiger partial charge in [0.05, 0.1) is 24.1 Å². The molecule has 25 heavy (non-hydrogen) atoms. The zero-order valence-electron chi connectivity index (χ0n) is 13.7. The number of hydrogen-bond acceptors (Lipinski definition) is 4. The van der Waals surface area contributed by atoms with Crippen molar-refractivity contribution in [1.29, 1.82) is 0 Å². The lowest BCUT2D eigenvalue weighted by Crippen LogP contribution is -2.25. The van der Waals surface area contributed by atoms with Crippen LogP contribution in [-0.2, 0) is 6.54 Å². The zero-order valence-corrected chi connectivity index (χ0v) is 13.7. The molecule has 0 fully saturated rings. The lowest BCUT2D eigenvalue weighted by atomic mass is 10.1. The highest BCUT2D eigenvalue weighted by Gasteiger charge is 2.15. The van der Waals surface area contributed by atoms with E-state index < -0.39 is 0 Å². The summed E-state index contributed by atoms with van der Waals surface area (Å²) >= 11 is 0. The second-order valence-corrected chi connectivity index (χ2v) is 5.43. The van der Waals surface area contributed by atoms with Gasteiger partial charge in [0.15, 0.2) is 0 Å². The van der Waals surface area contributed by atoms with Crippen LogP contribution in [0.1, 0.15) is 32.3 Å². The summed E-state index contributed by atoms with van der Waals surface area (Å²) in [5.41, 5.74) is 1.84. The Morgan fingerprint density at radius 1 is 1.00 bits per heavy atom. The second kappa shape index (κ2) is 7.44. The number of furan rings is 1. The van der Waals surface area contributed by atoms with Crippen molar-refractivity contribution in [2.45, 2.75) is 13.5 Å². The van der Waals surface area contributed by atoms with Gasteiger partial charge in [-0.05, 0) is 43.3 Å². The molecule has 0 saturated heterocycles. The number of nitrogens with zero attached hydrogens (tertiary/aromatic N) is 1. The van der Waals surface area contributed by atoms with Crippen molar-refractivity contribution in [1.82, 2.24) is 10.3 Å². The van der Waals surface area contributed by atoms with Crippen LogP contribution in [-0.4, -0.2) is 16.8 Å². The molecule has 0 aliphatic rings. The smallest absolute Gasteiger partial charge is 0.274 e. The van der Waals surface area contributed by atoms with Crippen LogP contribution >= 0.6 is 0 Å². The van der Waals surface area contributed by atoms with Crippen molar-refractivity contribution in [2.24, 2.45) is 0 Å². The van der Waals surface area contributed by atoms with Crippen molar-refractivity contribution in [3.63, 3.8) is 0 Å². The molecule has 126 valence electrons. The fraction of sp³-hybridized carbons (Fsp3) is 0.105. The molecule has 2 aromatic heterocycles. The fourth-order valence-corrected chi connectivity index (χ4v) is 2.32. The molecule has 0 spiro atoms. The first-order valence-corrected chi connectivity index (χ1v) is 7.78. The number of anilines is 1. The Hall–Kier alpha value is -3.41. The average molecular weight is 335 g/mol. The van der Waals surface area contributed by atoms with Gasteiger partial charge in [0, 0.05) is 5.69 Å². The zero-order chi connectivity index (χ0) is 17.6. The number of hydrogen-bond donors (Lipinski definition) is 2. The molecule has 0 atom stereocenters. The average Bonchev–Trinajstić information content (AvgIpc) is 3.13. The maximum atomic E-state index is 12.4. The summed E-state index contributed by atoms with van der Waals surface area (Å²) in [6, 6.07) is 15.5. The maximum absolute atomic E-state index is 12.4. The summed E-state index contributed by atoms with van der Waals surface area (Å²) in [4.78, 5) is 29.0. The molecular weight excluding hydrogens is 318 g/mol. The minimum Gasteiger partial charge on any atom is -0.467 e. The van der Waals surface area contributed by atoms with Crippen molar-refractivity contribution in [3.8, 4) is 0 Å². The van der Waals surface area contributed by atoms with E-state index in [1.807, 2.05) is 13.0 Å². The quantitative estimate of drug-likeness (QED) is 0.750. The van der Waals surface area contributed by atoms with E-state index in [9.17, 15) is 9.59 Å². The van der Waals surface area contributed by atoms with E-state index >= 15 is 0 Å². The van der Waals surface area contributed by atoms with Crippen molar-refractivity contribution in [2.75, 3.05) is 5.32 Å². The number of pyridine rings is 1. The van der Waals surface area contributed by atoms with E-state index in [2.05, 4.69) is 15.6 Å². The van der Waals surface area contributed by atoms with E-state index in [1.54, 1.807) is 54.8 Å². The van der Waals surface area contributed by atoms with Crippen LogP contribution in [0.25, 0.3) is 0 Å². The topological polar surface area (TPSA) is 84.2 Å². The third-order valence-corrected chi connectivity index (χ3v) is 3.54. The molecule has 6 heteroatoms. The minimum atomic E-state index is -0.366. The van der Waals surface area contributed by atoms with Gasteiger partial charge >= 0.3 is 0 Å². The molecule has 1 aromatic carbocycles. The number of aryl methyl sites for hydroxylation is 1. The third-order valence-electron chi connectivity index (χ3n) is 3.54. The maximum Gasteiger partial charge on any atom is 0.274 e. The Kier molecular flexibility index (Phi) is 4.89. The van der Waals surface area contributed by atoms with Crippen LogP contribution in [0.3, 0.4) is 0 Å². The summed E-state index contributed by atoms with van der Waals surface area (Å²) in [5, 5.41) is 5.51. The van der Waals surface area contributed by atoms with Crippen molar-refractivity contribution >= 4 is 17.5 Å². The highest BCUT2D eigenvalue weighted by atomic mass is 16.3. The highest BCUT2D eigenvalue weighted by Crippen LogP contribution is 2.16. The number of amides is 2. The molecule has 2 amide bonds. The first-order chi connectivity index (χ1) is 12.1. The molecule has 3 rings (SSSR count). The number of para-hydroxylation sites is 1. The predicted molar refractivity (Wildman–Crippen MR) is 93.2 cm³/mol. The normalized spacial score (nSPS) is 10.3. The predicted octanol–water partition coefficient (Wildman–Crippen LogP) is 3.17. The van der Waals surface area contributed by atoms with E-state index in [4.69, 9.17) is 4.42 Å². The Labute approximate surface area is 144 Å². The van der Waals surface area contributed by atoms with E-state index in [0.29, 0.717) is 22.7 Å². The molecule has 0 bridgehead atoms. The molecule has 0 radical (unpaired) electrons. The van der Waals surface area contributed by atoms with Crippen LogP contribution in [0.5, 0.6) is 0 Å². The second-order valence-electron chi connectivity index (χ2n) is 5.43. The van der Waals surface area contributed by atoms with E-state index in [-0.39, 0.29) is 18.4 Å². The highest BCUT2D eigenvalue weighted by molar-refractivity contribution is 6.08. The standard InChI is InChI=1S/C19H17N3O3/c1-13-6-4-10-17(21-13)19(24)22-16-9-3-2-8-15(16)18(23)20-12-14-7-5-11-25-14/h2-11H,12H2,1H3,(H,20,23)(H,22,24). The Morgan fingerprint density at radius 2 is 1.84 bits per heavy atom. The van der Waals surface area contributed by atoms with Gasteiger partial charge in [-0.25, -0.2) is 4.98 Å². The molecule has 0 unspecified atom stereocenters. The van der Waals surface area contributed by atoms with Crippen LogP contribution in [0, 0.1) is 6.92 Å². The first kappa shape index (κ1) is 16.4. The lowest BCUT2D eigenvalue weighted by Gasteiger charge is -2.11. The Bertz CT molecular complexity index is 888. The van der Waals surface area contributed by atoms with Gasteiger partial charge in [0.25, 0.3) is 11.8 Å². The molecule has 3 aromatic rings. The van der Waals surface area contributed by atoms with Crippen LogP contribution in [0.15, 0.2) is 65.3 Å². The van der Waals surface area contributed by atoms with Crippen LogP contribution < -0.4 is 10.6 Å². The Morgan fingerprint density at radius 3 is 2.60 bits per heavy atom. The number of rotatable bonds is 5. The molecular formula is C19H17N3O3. The molecule has 0 saturated carbocycles. The summed E-state index contributed by atoms with van der Waals surface area (Å²) in [6.45, 7) is 2.08. The van der Waals surface area contributed by atoms with Gasteiger partial charge in [-0.3, -0.25) is 9.59 Å². The number of aromatic nitrogens is 1. The third kappa shape index (κ3) is 4.11. The largest absolute Gasteiger partial charge is 0.467 e. The Balaban J connectivity index is 1.74. The van der Waals surface area contributed by atoms with E-state index in [0.717, 1.165) is 5.69 Å². The molecule has 6 nitrogen and oxygen atoms in total. The summed E-state index contributed by atoms with van der Waals surface area (Å²) in [5.74, 6) is -0.0155. The van der Waals surface area contributed by atoms with Gasteiger partial charge in [0.1, 0.15) is 11.5 Å². The first-order valence-electron chi connectivity index (χ1n) is 7.78. The van der Waals surface area contributed by atoms with Crippen molar-refractivity contribution < 1.29 is 14.0 Å². The molecule has 0 aliphatic heterocycles. The van der Waals surface area contributed by atoms with E-state index in [1.165, 1.54) is 0 Å².